The highest BCUT2D eigenvalue weighted by Crippen LogP contribution is 2.25. The third-order valence-electron chi connectivity index (χ3n) is 3.01. The van der Waals surface area contributed by atoms with Crippen LogP contribution in [0.4, 0.5) is 11.7 Å². The minimum atomic E-state index is -3.79. The number of nitrogens with two attached hydrogens (primary N) is 1. The van der Waals surface area contributed by atoms with Crippen LogP contribution in [0.25, 0.3) is 11.1 Å². The molecular formula is C14H13N3O4S. The van der Waals surface area contributed by atoms with Crippen molar-refractivity contribution in [2.75, 3.05) is 17.6 Å². The molecule has 0 aliphatic rings. The van der Waals surface area contributed by atoms with Crippen molar-refractivity contribution in [1.29, 1.82) is 0 Å². The van der Waals surface area contributed by atoms with Crippen molar-refractivity contribution < 1.29 is 17.6 Å². The lowest BCUT2D eigenvalue weighted by molar-refractivity contribution is 0.414. The van der Waals surface area contributed by atoms with Crippen LogP contribution in [0.5, 0.6) is 5.75 Å². The van der Waals surface area contributed by atoms with Gasteiger partial charge in [-0.2, -0.15) is 4.98 Å². The van der Waals surface area contributed by atoms with Crippen LogP contribution in [-0.4, -0.2) is 20.5 Å². The predicted molar refractivity (Wildman–Crippen MR) is 82.2 cm³/mol. The van der Waals surface area contributed by atoms with Gasteiger partial charge < -0.3 is 14.9 Å². The molecule has 1 heterocycles. The van der Waals surface area contributed by atoms with Crippen molar-refractivity contribution in [2.24, 2.45) is 0 Å². The second-order valence-corrected chi connectivity index (χ2v) is 6.21. The number of oxazole rings is 1. The zero-order chi connectivity index (χ0) is 15.7. The Kier molecular flexibility index (Phi) is 3.38. The van der Waals surface area contributed by atoms with Crippen LogP contribution in [0, 0.1) is 0 Å². The van der Waals surface area contributed by atoms with Gasteiger partial charge >= 0.3 is 6.01 Å². The zero-order valence-corrected chi connectivity index (χ0v) is 12.4. The Morgan fingerprint density at radius 1 is 1.18 bits per heavy atom. The first kappa shape index (κ1) is 14.2. The van der Waals surface area contributed by atoms with Crippen LogP contribution in [0.1, 0.15) is 0 Å². The van der Waals surface area contributed by atoms with E-state index >= 15 is 0 Å². The van der Waals surface area contributed by atoms with Crippen LogP contribution < -0.4 is 15.2 Å². The van der Waals surface area contributed by atoms with Gasteiger partial charge in [0.2, 0.25) is 0 Å². The van der Waals surface area contributed by atoms with Gasteiger partial charge in [0, 0.05) is 11.8 Å². The molecule has 0 spiro atoms. The number of hydrogen-bond donors (Lipinski definition) is 2. The highest BCUT2D eigenvalue weighted by molar-refractivity contribution is 7.92. The van der Waals surface area contributed by atoms with E-state index in [1.165, 1.54) is 31.4 Å². The number of nitrogen functional groups attached to an aromatic ring is 1. The summed E-state index contributed by atoms with van der Waals surface area (Å²) in [5.41, 5.74) is 6.97. The van der Waals surface area contributed by atoms with Crippen molar-refractivity contribution in [2.45, 2.75) is 4.90 Å². The molecule has 3 aromatic rings. The summed E-state index contributed by atoms with van der Waals surface area (Å²) in [5.74, 6) is 0.594. The molecule has 2 aromatic carbocycles. The molecule has 0 aliphatic heterocycles. The lowest BCUT2D eigenvalue weighted by atomic mass is 10.3. The molecule has 0 saturated heterocycles. The van der Waals surface area contributed by atoms with Gasteiger partial charge in [-0.1, -0.05) is 0 Å². The number of anilines is 2. The normalized spacial score (nSPS) is 11.5. The molecule has 7 nitrogen and oxygen atoms in total. The Balaban J connectivity index is 1.93. The second kappa shape index (κ2) is 5.23. The molecule has 0 unspecified atom stereocenters. The summed E-state index contributed by atoms with van der Waals surface area (Å²) in [7, 11) is -2.26. The topological polar surface area (TPSA) is 107 Å². The molecule has 3 rings (SSSR count). The number of nitrogens with one attached hydrogen (secondary N) is 1. The summed E-state index contributed by atoms with van der Waals surface area (Å²) in [6.07, 6.45) is 0. The predicted octanol–water partition coefficient (Wildman–Crippen LogP) is 2.22. The lowest BCUT2D eigenvalue weighted by Crippen LogP contribution is -2.13. The minimum absolute atomic E-state index is 0.0709. The fourth-order valence-corrected chi connectivity index (χ4v) is 2.83. The van der Waals surface area contributed by atoms with Gasteiger partial charge in [-0.25, -0.2) is 13.1 Å². The van der Waals surface area contributed by atoms with Gasteiger partial charge in [0.25, 0.3) is 10.0 Å². The Morgan fingerprint density at radius 3 is 2.59 bits per heavy atom. The quantitative estimate of drug-likeness (QED) is 0.714. The lowest BCUT2D eigenvalue weighted by Gasteiger charge is -2.04. The zero-order valence-electron chi connectivity index (χ0n) is 11.6. The van der Waals surface area contributed by atoms with Gasteiger partial charge in [0.05, 0.1) is 12.0 Å². The van der Waals surface area contributed by atoms with E-state index in [4.69, 9.17) is 14.9 Å². The Hall–Kier alpha value is -2.74. The van der Waals surface area contributed by atoms with E-state index < -0.39 is 10.0 Å². The largest absolute Gasteiger partial charge is 0.497 e. The molecule has 114 valence electrons. The molecule has 0 amide bonds. The van der Waals surface area contributed by atoms with Crippen LogP contribution in [0.2, 0.25) is 0 Å². The van der Waals surface area contributed by atoms with Crippen LogP contribution in [0.3, 0.4) is 0 Å². The average Bonchev–Trinajstić information content (AvgIpc) is 2.87. The Labute approximate surface area is 126 Å². The molecule has 0 saturated carbocycles. The van der Waals surface area contributed by atoms with Crippen LogP contribution in [0.15, 0.2) is 51.8 Å². The summed E-state index contributed by atoms with van der Waals surface area (Å²) in [4.78, 5) is 4.15. The Bertz CT molecular complexity index is 917. The van der Waals surface area contributed by atoms with E-state index in [-0.39, 0.29) is 10.9 Å². The van der Waals surface area contributed by atoms with E-state index in [1.54, 1.807) is 18.2 Å². The molecule has 0 radical (unpaired) electrons. The van der Waals surface area contributed by atoms with Gasteiger partial charge in [0.15, 0.2) is 5.58 Å². The molecule has 1 aromatic heterocycles. The van der Waals surface area contributed by atoms with E-state index in [2.05, 4.69) is 9.71 Å². The van der Waals surface area contributed by atoms with Gasteiger partial charge in [-0.05, 0) is 36.4 Å². The number of aromatic nitrogens is 1. The summed E-state index contributed by atoms with van der Waals surface area (Å²) in [6, 6.07) is 10.7. The van der Waals surface area contributed by atoms with Gasteiger partial charge in [-0.3, -0.25) is 0 Å². The highest BCUT2D eigenvalue weighted by Gasteiger charge is 2.17. The van der Waals surface area contributed by atoms with Crippen molar-refractivity contribution in [3.8, 4) is 5.75 Å². The number of methoxy groups -OCH3 is 1. The molecular weight excluding hydrogens is 306 g/mol. The van der Waals surface area contributed by atoms with Crippen LogP contribution >= 0.6 is 0 Å². The van der Waals surface area contributed by atoms with Crippen molar-refractivity contribution in [1.82, 2.24) is 4.98 Å². The van der Waals surface area contributed by atoms with E-state index in [0.717, 1.165) is 0 Å². The first-order valence-electron chi connectivity index (χ1n) is 6.31. The number of hydrogen-bond acceptors (Lipinski definition) is 6. The van der Waals surface area contributed by atoms with Gasteiger partial charge in [-0.15, -0.1) is 0 Å². The number of sulfonamides is 1. The maximum atomic E-state index is 12.2. The SMILES string of the molecule is COc1ccc2nc(NS(=O)(=O)c3ccc(N)cc3)oc2c1. The van der Waals surface area contributed by atoms with E-state index in [9.17, 15) is 8.42 Å². The monoisotopic (exact) mass is 319 g/mol. The maximum Gasteiger partial charge on any atom is 0.309 e. The molecule has 22 heavy (non-hydrogen) atoms. The first-order chi connectivity index (χ1) is 10.5. The third kappa shape index (κ3) is 2.68. The van der Waals surface area contributed by atoms with E-state index in [0.29, 0.717) is 22.5 Å². The molecule has 0 fully saturated rings. The van der Waals surface area contributed by atoms with Crippen LogP contribution in [-0.2, 0) is 10.0 Å². The number of ether oxygens (including phenoxy) is 1. The molecule has 0 bridgehead atoms. The number of nitrogens with zero attached hydrogens (tertiary/aromatic N) is 1. The Morgan fingerprint density at radius 2 is 1.91 bits per heavy atom. The van der Waals surface area contributed by atoms with Crippen molar-refractivity contribution in [3.63, 3.8) is 0 Å². The summed E-state index contributed by atoms with van der Waals surface area (Å²) in [5, 5.41) is 0. The molecule has 3 N–H and O–H groups in total. The molecule has 0 aliphatic carbocycles. The summed E-state index contributed by atoms with van der Waals surface area (Å²) >= 11 is 0. The fourth-order valence-electron chi connectivity index (χ4n) is 1.90. The van der Waals surface area contributed by atoms with Crippen molar-refractivity contribution >= 4 is 32.8 Å². The minimum Gasteiger partial charge on any atom is -0.497 e. The summed E-state index contributed by atoms with van der Waals surface area (Å²) in [6.45, 7) is 0. The smallest absolute Gasteiger partial charge is 0.309 e. The number of fused-ring (bicyclic) bond motifs is 1. The van der Waals surface area contributed by atoms with Gasteiger partial charge in [0.1, 0.15) is 11.3 Å². The molecule has 0 atom stereocenters. The molecule has 8 heteroatoms. The summed E-state index contributed by atoms with van der Waals surface area (Å²) < 4.78 is 37.2. The van der Waals surface area contributed by atoms with E-state index in [1.807, 2.05) is 0 Å². The van der Waals surface area contributed by atoms with Crippen molar-refractivity contribution in [3.05, 3.63) is 42.5 Å². The number of benzene rings is 2. The number of rotatable bonds is 4. The maximum absolute atomic E-state index is 12.2. The third-order valence-corrected chi connectivity index (χ3v) is 4.34. The highest BCUT2D eigenvalue weighted by atomic mass is 32.2. The second-order valence-electron chi connectivity index (χ2n) is 4.53. The standard InChI is InChI=1S/C14H13N3O4S/c1-20-10-4-7-12-13(8-10)21-14(16-12)17-22(18,19)11-5-2-9(15)3-6-11/h2-8H,15H2,1H3,(H,16,17). The average molecular weight is 319 g/mol. The first-order valence-corrected chi connectivity index (χ1v) is 7.79. The fraction of sp³-hybridized carbons (Fsp3) is 0.0714.